The number of methoxy groups -OCH3 is 1. The monoisotopic (exact) mass is 655 g/mol. The Kier molecular flexibility index (Phi) is 11.0. The molecule has 1 atom stereocenters. The lowest BCUT2D eigenvalue weighted by Gasteiger charge is -2.24. The van der Waals surface area contributed by atoms with Crippen LogP contribution in [0.2, 0.25) is 0 Å². The Morgan fingerprint density at radius 1 is 0.911 bits per heavy atom. The first-order valence-corrected chi connectivity index (χ1v) is 17.8. The van der Waals surface area contributed by atoms with Crippen molar-refractivity contribution >= 4 is 54.1 Å². The second-order valence-electron chi connectivity index (χ2n) is 11.2. The van der Waals surface area contributed by atoms with Gasteiger partial charge in [0, 0.05) is 47.8 Å². The van der Waals surface area contributed by atoms with Crippen LogP contribution < -0.4 is 5.32 Å². The summed E-state index contributed by atoms with van der Waals surface area (Å²) in [5.74, 6) is -0.686. The Morgan fingerprint density at radius 3 is 2.36 bits per heavy atom. The quantitative estimate of drug-likeness (QED) is 0.0587. The summed E-state index contributed by atoms with van der Waals surface area (Å²) < 4.78 is 74.0. The Morgan fingerprint density at radius 2 is 1.67 bits per heavy atom. The van der Waals surface area contributed by atoms with Crippen molar-refractivity contribution < 1.29 is 40.0 Å². The van der Waals surface area contributed by atoms with Crippen molar-refractivity contribution in [2.24, 2.45) is 0 Å². The molecule has 0 radical (unpaired) electrons. The van der Waals surface area contributed by atoms with Crippen molar-refractivity contribution in [1.29, 1.82) is 0 Å². The topological polar surface area (TPSA) is 150 Å². The molecule has 3 aromatic rings. The van der Waals surface area contributed by atoms with Gasteiger partial charge in [-0.3, -0.25) is 13.9 Å². The molecule has 0 aliphatic carbocycles. The van der Waals surface area contributed by atoms with Crippen LogP contribution in [-0.2, 0) is 35.2 Å². The third-order valence-electron chi connectivity index (χ3n) is 8.03. The van der Waals surface area contributed by atoms with Gasteiger partial charge in [0.05, 0.1) is 18.3 Å². The summed E-state index contributed by atoms with van der Waals surface area (Å²) in [6.07, 6.45) is 10.7. The van der Waals surface area contributed by atoms with E-state index in [2.05, 4.69) is 12.2 Å². The van der Waals surface area contributed by atoms with Gasteiger partial charge in [-0.1, -0.05) is 49.2 Å². The number of fused-ring (bicyclic) bond motifs is 3. The molecule has 1 aliphatic heterocycles. The van der Waals surface area contributed by atoms with Crippen molar-refractivity contribution in [3.05, 3.63) is 90.7 Å². The smallest absolute Gasteiger partial charge is 0.305 e. The van der Waals surface area contributed by atoms with Crippen molar-refractivity contribution in [1.82, 2.24) is 0 Å². The minimum absolute atomic E-state index is 0.152. The van der Waals surface area contributed by atoms with Crippen LogP contribution in [0.15, 0.2) is 90.0 Å². The molecule has 1 heterocycles. The van der Waals surface area contributed by atoms with Crippen molar-refractivity contribution in [3.8, 4) is 0 Å². The number of para-hydroxylation sites is 1. The minimum Gasteiger partial charge on any atom is -0.469 e. The summed E-state index contributed by atoms with van der Waals surface area (Å²) in [5.41, 5.74) is 2.78. The number of nitrogens with zero attached hydrogens (tertiary/aromatic N) is 1. The highest BCUT2D eigenvalue weighted by Crippen LogP contribution is 2.48. The number of rotatable bonds is 15. The van der Waals surface area contributed by atoms with E-state index in [4.69, 9.17) is 4.74 Å². The van der Waals surface area contributed by atoms with Crippen LogP contribution in [0.3, 0.4) is 0 Å². The summed E-state index contributed by atoms with van der Waals surface area (Å²) in [4.78, 5) is 11.5. The fraction of sp³-hybridized carbons (Fsp3) is 0.333. The van der Waals surface area contributed by atoms with Crippen LogP contribution in [0.1, 0.15) is 51.0 Å². The number of carbonyl (C=O) groups is 1. The van der Waals surface area contributed by atoms with Gasteiger partial charge in [-0.2, -0.15) is 21.4 Å². The molecule has 4 rings (SSSR count). The standard InChI is InChI=1S/C33H38N2O8S2/c1-33(21-9-4-7-18-31(36)43-2)30(17-8-10-22-34-25-13-5-3-6-14-25)35(23-12-24-44(37,38)39)28-20-19-26-27(32(28)33)15-11-16-29(26)45(40,41)42/h3,5-6,8,10-11,13-17,19-20,22H,4,7,9,12,18,21,23-24H2,1-2H3,(H2,37,38,39,40,41,42)/p+1. The Balaban J connectivity index is 1.80. The van der Waals surface area contributed by atoms with Gasteiger partial charge in [0.2, 0.25) is 5.69 Å². The fourth-order valence-corrected chi connectivity index (χ4v) is 7.18. The number of hydrogen-bond donors (Lipinski definition) is 3. The molecule has 240 valence electrons. The van der Waals surface area contributed by atoms with Gasteiger partial charge in [0.1, 0.15) is 11.4 Å². The number of benzene rings is 3. The number of carbonyl (C=O) groups excluding carboxylic acids is 1. The molecule has 0 amide bonds. The van der Waals surface area contributed by atoms with E-state index in [1.165, 1.54) is 13.2 Å². The Labute approximate surface area is 264 Å². The van der Waals surface area contributed by atoms with Crippen molar-refractivity contribution in [2.45, 2.75) is 55.8 Å². The van der Waals surface area contributed by atoms with E-state index in [1.54, 1.807) is 24.4 Å². The molecule has 0 saturated carbocycles. The first-order chi connectivity index (χ1) is 21.3. The predicted molar refractivity (Wildman–Crippen MR) is 175 cm³/mol. The Hall–Kier alpha value is -3.84. The van der Waals surface area contributed by atoms with E-state index in [9.17, 15) is 30.7 Å². The van der Waals surface area contributed by atoms with Gasteiger partial charge in [-0.25, -0.2) is 0 Å². The van der Waals surface area contributed by atoms with Crippen LogP contribution >= 0.6 is 0 Å². The molecule has 3 aromatic carbocycles. The van der Waals surface area contributed by atoms with E-state index in [0.29, 0.717) is 30.0 Å². The largest absolute Gasteiger partial charge is 0.469 e. The normalized spacial score (nSPS) is 17.0. The van der Waals surface area contributed by atoms with E-state index in [-0.39, 0.29) is 23.8 Å². The molecule has 0 spiro atoms. The highest BCUT2D eigenvalue weighted by molar-refractivity contribution is 7.86. The predicted octanol–water partition coefficient (Wildman–Crippen LogP) is 6.03. The summed E-state index contributed by atoms with van der Waals surface area (Å²) in [6.45, 7) is 2.35. The van der Waals surface area contributed by atoms with Gasteiger partial charge in [0.25, 0.3) is 20.2 Å². The molecule has 0 aromatic heterocycles. The lowest BCUT2D eigenvalue weighted by Crippen LogP contribution is -2.32. The van der Waals surface area contributed by atoms with E-state index < -0.39 is 31.4 Å². The molecule has 12 heteroatoms. The number of allylic oxidation sites excluding steroid dienone is 3. The highest BCUT2D eigenvalue weighted by atomic mass is 32.2. The average molecular weight is 656 g/mol. The number of ether oxygens (including phenoxy) is 1. The second kappa shape index (κ2) is 14.5. The van der Waals surface area contributed by atoms with Crippen LogP contribution in [0, 0.1) is 0 Å². The third kappa shape index (κ3) is 8.46. The molecule has 0 bridgehead atoms. The molecule has 1 aliphatic rings. The molecular weight excluding hydrogens is 617 g/mol. The first-order valence-electron chi connectivity index (χ1n) is 14.7. The van der Waals surface area contributed by atoms with Crippen LogP contribution in [0.5, 0.6) is 0 Å². The molecule has 1 unspecified atom stereocenters. The average Bonchev–Trinajstić information content (AvgIpc) is 3.23. The maximum absolute atomic E-state index is 12.3. The van der Waals surface area contributed by atoms with Crippen LogP contribution in [0.4, 0.5) is 11.4 Å². The lowest BCUT2D eigenvalue weighted by atomic mass is 9.73. The summed E-state index contributed by atoms with van der Waals surface area (Å²) in [5, 5.41) is 4.25. The van der Waals surface area contributed by atoms with Gasteiger partial charge in [-0.15, -0.1) is 0 Å². The van der Waals surface area contributed by atoms with Gasteiger partial charge >= 0.3 is 5.97 Å². The first kappa shape index (κ1) is 34.0. The molecule has 45 heavy (non-hydrogen) atoms. The third-order valence-corrected chi connectivity index (χ3v) is 9.75. The fourth-order valence-electron chi connectivity index (χ4n) is 5.98. The maximum Gasteiger partial charge on any atom is 0.305 e. The van der Waals surface area contributed by atoms with Gasteiger partial charge in [-0.05, 0) is 55.5 Å². The number of esters is 1. The van der Waals surface area contributed by atoms with E-state index >= 15 is 0 Å². The van der Waals surface area contributed by atoms with Gasteiger partial charge < -0.3 is 10.1 Å². The second-order valence-corrected chi connectivity index (χ2v) is 14.1. The maximum atomic E-state index is 12.3. The molecule has 0 saturated heterocycles. The molecular formula is C33H39N2O8S2+. The zero-order valence-corrected chi connectivity index (χ0v) is 27.0. The van der Waals surface area contributed by atoms with E-state index in [0.717, 1.165) is 35.5 Å². The molecule has 0 fully saturated rings. The zero-order chi connectivity index (χ0) is 32.7. The van der Waals surface area contributed by atoms with Crippen molar-refractivity contribution in [2.75, 3.05) is 24.7 Å². The number of anilines is 1. The lowest BCUT2D eigenvalue weighted by molar-refractivity contribution is -0.437. The summed E-state index contributed by atoms with van der Waals surface area (Å²) in [7, 11) is -7.33. The molecule has 10 nitrogen and oxygen atoms in total. The highest BCUT2D eigenvalue weighted by Gasteiger charge is 2.48. The minimum atomic E-state index is -4.51. The van der Waals surface area contributed by atoms with Gasteiger partial charge in [0.15, 0.2) is 5.71 Å². The van der Waals surface area contributed by atoms with E-state index in [1.807, 2.05) is 59.2 Å². The van der Waals surface area contributed by atoms with Crippen LogP contribution in [0.25, 0.3) is 10.8 Å². The van der Waals surface area contributed by atoms with Crippen molar-refractivity contribution in [3.63, 3.8) is 0 Å². The number of hydrogen-bond acceptors (Lipinski definition) is 7. The summed E-state index contributed by atoms with van der Waals surface area (Å²) in [6, 6.07) is 17.9. The van der Waals surface area contributed by atoms with Crippen LogP contribution in [-0.4, -0.2) is 61.6 Å². The number of unbranched alkanes of at least 4 members (excludes halogenated alkanes) is 2. The Bertz CT molecular complexity index is 1850. The summed E-state index contributed by atoms with van der Waals surface area (Å²) >= 11 is 0. The SMILES string of the molecule is COC(=O)CCCCCC1(C)C(/C=C/C=C/Nc2ccccc2)=[N+](CCCS(=O)(=O)O)c2ccc3c(S(=O)(=O)O)cccc3c21. The number of nitrogens with one attached hydrogen (secondary N) is 1. The zero-order valence-electron chi connectivity index (χ0n) is 25.3. The molecule has 3 N–H and O–H groups in total.